The summed E-state index contributed by atoms with van der Waals surface area (Å²) in [4.78, 5) is 24.0. The number of halogens is 3. The van der Waals surface area contributed by atoms with Gasteiger partial charge in [0, 0.05) is 18.8 Å². The second-order valence-corrected chi connectivity index (χ2v) is 6.16. The minimum absolute atomic E-state index is 0.228. The summed E-state index contributed by atoms with van der Waals surface area (Å²) in [7, 11) is 1.62. The number of amides is 2. The van der Waals surface area contributed by atoms with E-state index < -0.39 is 23.6 Å². The zero-order valence-electron chi connectivity index (χ0n) is 14.7. The Morgan fingerprint density at radius 2 is 1.68 bits per heavy atom. The molecule has 0 saturated heterocycles. The summed E-state index contributed by atoms with van der Waals surface area (Å²) < 4.78 is 39.8. The van der Waals surface area contributed by atoms with Crippen molar-refractivity contribution in [1.82, 2.24) is 4.57 Å². The third-order valence-corrected chi connectivity index (χ3v) is 4.21. The van der Waals surface area contributed by atoms with E-state index in [-0.39, 0.29) is 11.3 Å². The van der Waals surface area contributed by atoms with Crippen molar-refractivity contribution in [3.05, 3.63) is 77.6 Å². The van der Waals surface area contributed by atoms with Crippen LogP contribution >= 0.6 is 0 Å². The molecule has 1 heterocycles. The predicted octanol–water partition coefficient (Wildman–Crippen LogP) is 4.06. The monoisotopic (exact) mass is 387 g/mol. The van der Waals surface area contributed by atoms with Crippen molar-refractivity contribution < 1.29 is 22.8 Å². The fourth-order valence-corrected chi connectivity index (χ4v) is 2.85. The molecule has 0 atom stereocenters. The van der Waals surface area contributed by atoms with Gasteiger partial charge in [-0.05, 0) is 35.4 Å². The van der Waals surface area contributed by atoms with Gasteiger partial charge in [-0.3, -0.25) is 9.59 Å². The van der Waals surface area contributed by atoms with Crippen LogP contribution in [0.3, 0.4) is 0 Å². The Kier molecular flexibility index (Phi) is 4.96. The van der Waals surface area contributed by atoms with Gasteiger partial charge in [-0.15, -0.1) is 0 Å². The number of benzene rings is 2. The molecule has 0 aliphatic rings. The first-order chi connectivity index (χ1) is 13.2. The third-order valence-electron chi connectivity index (χ3n) is 4.21. The first kappa shape index (κ1) is 19.2. The number of anilines is 1. The number of nitrogens with zero attached hydrogens (tertiary/aromatic N) is 1. The molecule has 3 N–H and O–H groups in total. The zero-order valence-corrected chi connectivity index (χ0v) is 14.7. The number of alkyl halides is 3. The lowest BCUT2D eigenvalue weighted by molar-refractivity contribution is -0.137. The molecule has 28 heavy (non-hydrogen) atoms. The molecule has 0 spiro atoms. The maximum absolute atomic E-state index is 12.8. The minimum Gasteiger partial charge on any atom is -0.364 e. The molecule has 144 valence electrons. The van der Waals surface area contributed by atoms with Crippen LogP contribution < -0.4 is 11.1 Å². The smallest absolute Gasteiger partial charge is 0.364 e. The molecule has 5 nitrogen and oxygen atoms in total. The van der Waals surface area contributed by atoms with Gasteiger partial charge in [0.2, 0.25) is 0 Å². The van der Waals surface area contributed by atoms with Gasteiger partial charge in [-0.2, -0.15) is 13.2 Å². The summed E-state index contributed by atoms with van der Waals surface area (Å²) in [6, 6.07) is 12.6. The Morgan fingerprint density at radius 3 is 2.25 bits per heavy atom. The van der Waals surface area contributed by atoms with E-state index in [9.17, 15) is 22.8 Å². The number of aryl methyl sites for hydroxylation is 1. The van der Waals surface area contributed by atoms with Crippen molar-refractivity contribution in [2.24, 2.45) is 12.8 Å². The fourth-order valence-electron chi connectivity index (χ4n) is 2.85. The fraction of sp³-hybridized carbons (Fsp3) is 0.100. The van der Waals surface area contributed by atoms with Crippen LogP contribution in [0.2, 0.25) is 0 Å². The first-order valence-corrected chi connectivity index (χ1v) is 8.21. The van der Waals surface area contributed by atoms with Crippen molar-refractivity contribution in [3.8, 4) is 11.1 Å². The van der Waals surface area contributed by atoms with Gasteiger partial charge in [0.05, 0.1) is 11.3 Å². The van der Waals surface area contributed by atoms with E-state index in [1.807, 2.05) is 0 Å². The number of nitrogens with two attached hydrogens (primary N) is 1. The highest BCUT2D eigenvalue weighted by Crippen LogP contribution is 2.32. The molecule has 8 heteroatoms. The van der Waals surface area contributed by atoms with Crippen LogP contribution in [0.5, 0.6) is 0 Å². The molecule has 0 unspecified atom stereocenters. The van der Waals surface area contributed by atoms with Crippen molar-refractivity contribution in [1.29, 1.82) is 0 Å². The lowest BCUT2D eigenvalue weighted by atomic mass is 9.98. The molecule has 0 fully saturated rings. The summed E-state index contributed by atoms with van der Waals surface area (Å²) in [6.45, 7) is 0. The summed E-state index contributed by atoms with van der Waals surface area (Å²) >= 11 is 0. The van der Waals surface area contributed by atoms with Crippen molar-refractivity contribution in [3.63, 3.8) is 0 Å². The molecule has 3 aromatic rings. The lowest BCUT2D eigenvalue weighted by Gasteiger charge is -2.11. The summed E-state index contributed by atoms with van der Waals surface area (Å²) in [6.07, 6.45) is -2.89. The van der Waals surface area contributed by atoms with Gasteiger partial charge in [-0.25, -0.2) is 0 Å². The van der Waals surface area contributed by atoms with Crippen LogP contribution in [0.25, 0.3) is 11.1 Å². The summed E-state index contributed by atoms with van der Waals surface area (Å²) in [5, 5.41) is 2.67. The number of hydrogen-bond acceptors (Lipinski definition) is 2. The van der Waals surface area contributed by atoms with Gasteiger partial charge < -0.3 is 15.6 Å². The van der Waals surface area contributed by atoms with Crippen LogP contribution in [-0.4, -0.2) is 16.4 Å². The minimum atomic E-state index is -4.43. The van der Waals surface area contributed by atoms with Gasteiger partial charge >= 0.3 is 6.18 Å². The van der Waals surface area contributed by atoms with Gasteiger partial charge in [0.15, 0.2) is 0 Å². The number of carbonyl (C=O) groups excluding carboxylic acids is 2. The zero-order chi connectivity index (χ0) is 20.5. The standard InChI is InChI=1S/C20H16F3N3O2/c1-26-11-14(10-17(26)18(24)27)25-19(28)16-5-3-2-4-15(16)12-6-8-13(9-7-12)20(21,22)23/h2-11H,1H3,(H2,24,27)(H,25,28). The van der Waals surface area contributed by atoms with Crippen LogP contribution in [0.15, 0.2) is 60.8 Å². The van der Waals surface area contributed by atoms with Crippen LogP contribution in [-0.2, 0) is 13.2 Å². The molecule has 3 rings (SSSR count). The van der Waals surface area contributed by atoms with Gasteiger partial charge in [0.25, 0.3) is 11.8 Å². The predicted molar refractivity (Wildman–Crippen MR) is 98.8 cm³/mol. The van der Waals surface area contributed by atoms with Gasteiger partial charge in [0.1, 0.15) is 5.69 Å². The first-order valence-electron chi connectivity index (χ1n) is 8.21. The normalized spacial score (nSPS) is 11.3. The highest BCUT2D eigenvalue weighted by atomic mass is 19.4. The number of primary amides is 1. The molecule has 0 aliphatic carbocycles. The topological polar surface area (TPSA) is 77.1 Å². The van der Waals surface area contributed by atoms with E-state index in [1.165, 1.54) is 22.8 Å². The largest absolute Gasteiger partial charge is 0.416 e. The van der Waals surface area contributed by atoms with E-state index >= 15 is 0 Å². The van der Waals surface area contributed by atoms with E-state index in [0.29, 0.717) is 16.8 Å². The van der Waals surface area contributed by atoms with Crippen molar-refractivity contribution in [2.45, 2.75) is 6.18 Å². The van der Waals surface area contributed by atoms with Crippen molar-refractivity contribution >= 4 is 17.5 Å². The lowest BCUT2D eigenvalue weighted by Crippen LogP contribution is -2.14. The van der Waals surface area contributed by atoms with Crippen LogP contribution in [0.1, 0.15) is 26.4 Å². The highest BCUT2D eigenvalue weighted by Gasteiger charge is 2.30. The molecule has 0 aliphatic heterocycles. The Morgan fingerprint density at radius 1 is 1.04 bits per heavy atom. The highest BCUT2D eigenvalue weighted by molar-refractivity contribution is 6.09. The summed E-state index contributed by atoms with van der Waals surface area (Å²) in [5.74, 6) is -1.09. The Labute approximate surface area is 158 Å². The molecular formula is C20H16F3N3O2. The molecule has 1 aromatic heterocycles. The number of hydrogen-bond donors (Lipinski definition) is 2. The maximum Gasteiger partial charge on any atom is 0.416 e. The molecule has 0 saturated carbocycles. The quantitative estimate of drug-likeness (QED) is 0.708. The Bertz CT molecular complexity index is 1040. The van der Waals surface area contributed by atoms with Gasteiger partial charge in [-0.1, -0.05) is 30.3 Å². The number of aromatic nitrogens is 1. The average Bonchev–Trinajstić information content (AvgIpc) is 3.01. The third kappa shape index (κ3) is 3.90. The summed E-state index contributed by atoms with van der Waals surface area (Å²) in [5.41, 5.74) is 6.35. The molecule has 2 aromatic carbocycles. The van der Waals surface area contributed by atoms with E-state index in [2.05, 4.69) is 5.32 Å². The van der Waals surface area contributed by atoms with E-state index in [1.54, 1.807) is 37.5 Å². The SMILES string of the molecule is Cn1cc(NC(=O)c2ccccc2-c2ccc(C(F)(F)F)cc2)cc1C(N)=O. The maximum atomic E-state index is 12.8. The van der Waals surface area contributed by atoms with E-state index in [4.69, 9.17) is 5.73 Å². The second-order valence-electron chi connectivity index (χ2n) is 6.16. The molecule has 0 radical (unpaired) electrons. The number of rotatable bonds is 4. The van der Waals surface area contributed by atoms with E-state index in [0.717, 1.165) is 12.1 Å². The second kappa shape index (κ2) is 7.22. The number of carbonyl (C=O) groups is 2. The van der Waals surface area contributed by atoms with Crippen LogP contribution in [0.4, 0.5) is 18.9 Å². The van der Waals surface area contributed by atoms with Crippen molar-refractivity contribution in [2.75, 3.05) is 5.32 Å². The number of nitrogens with one attached hydrogen (secondary N) is 1. The molecular weight excluding hydrogens is 371 g/mol. The van der Waals surface area contributed by atoms with Crippen LogP contribution in [0, 0.1) is 0 Å². The Hall–Kier alpha value is -3.55. The molecule has 0 bridgehead atoms. The molecule has 2 amide bonds. The Balaban J connectivity index is 1.90. The average molecular weight is 387 g/mol.